The number of amides is 1. The van der Waals surface area contributed by atoms with E-state index in [-0.39, 0.29) is 11.3 Å². The second-order valence-electron chi connectivity index (χ2n) is 8.62. The van der Waals surface area contributed by atoms with E-state index < -0.39 is 0 Å². The molecule has 4 rings (SSSR count). The van der Waals surface area contributed by atoms with Crippen molar-refractivity contribution in [1.29, 1.82) is 0 Å². The molecule has 0 radical (unpaired) electrons. The van der Waals surface area contributed by atoms with Crippen LogP contribution in [0.15, 0.2) is 36.8 Å². The van der Waals surface area contributed by atoms with Crippen LogP contribution in [0.25, 0.3) is 0 Å². The van der Waals surface area contributed by atoms with E-state index in [0.29, 0.717) is 12.5 Å². The lowest BCUT2D eigenvalue weighted by Crippen LogP contribution is -2.44. The van der Waals surface area contributed by atoms with Gasteiger partial charge < -0.3 is 9.64 Å². The summed E-state index contributed by atoms with van der Waals surface area (Å²) in [6, 6.07) is 6.49. The molecule has 2 aliphatic heterocycles. The molecule has 2 fully saturated rings. The van der Waals surface area contributed by atoms with Crippen LogP contribution in [-0.2, 0) is 29.5 Å². The van der Waals surface area contributed by atoms with Crippen molar-refractivity contribution < 1.29 is 9.53 Å². The van der Waals surface area contributed by atoms with Gasteiger partial charge in [0, 0.05) is 65.0 Å². The van der Waals surface area contributed by atoms with Gasteiger partial charge in [0.05, 0.1) is 18.7 Å². The third kappa shape index (κ3) is 4.67. The fourth-order valence-corrected chi connectivity index (χ4v) is 4.94. The number of carbonyl (C=O) groups is 1. The molecule has 2 aliphatic rings. The second-order valence-corrected chi connectivity index (χ2v) is 8.62. The van der Waals surface area contributed by atoms with E-state index in [1.54, 1.807) is 11.8 Å². The van der Waals surface area contributed by atoms with Crippen molar-refractivity contribution in [3.05, 3.63) is 48.0 Å². The fourth-order valence-electron chi connectivity index (χ4n) is 4.94. The Morgan fingerprint density at radius 3 is 2.79 bits per heavy atom. The molecule has 1 spiro atoms. The molecule has 0 unspecified atom stereocenters. The Kier molecular flexibility index (Phi) is 5.96. The lowest BCUT2D eigenvalue weighted by molar-refractivity contribution is -0.132. The number of rotatable bonds is 6. The van der Waals surface area contributed by atoms with Crippen LogP contribution in [0, 0.1) is 5.41 Å². The van der Waals surface area contributed by atoms with Crippen LogP contribution in [0.3, 0.4) is 0 Å². The van der Waals surface area contributed by atoms with Crippen molar-refractivity contribution in [2.45, 2.75) is 38.3 Å². The highest BCUT2D eigenvalue weighted by atomic mass is 16.5. The molecule has 29 heavy (non-hydrogen) atoms. The first-order valence-corrected chi connectivity index (χ1v) is 10.5. The summed E-state index contributed by atoms with van der Waals surface area (Å²) in [6.07, 6.45) is 9.32. The Labute approximate surface area is 172 Å². The van der Waals surface area contributed by atoms with E-state index >= 15 is 0 Å². The van der Waals surface area contributed by atoms with Crippen LogP contribution in [-0.4, -0.2) is 69.9 Å². The van der Waals surface area contributed by atoms with E-state index in [1.807, 2.05) is 42.7 Å². The smallest absolute Gasteiger partial charge is 0.228 e. The van der Waals surface area contributed by atoms with Gasteiger partial charge >= 0.3 is 0 Å². The molecule has 7 nitrogen and oxygen atoms in total. The number of carbonyl (C=O) groups excluding carboxylic acids is 1. The molecule has 0 N–H and O–H groups in total. The lowest BCUT2D eigenvalue weighted by atomic mass is 9.76. The molecule has 0 aromatic carbocycles. The van der Waals surface area contributed by atoms with Crippen molar-refractivity contribution in [2.24, 2.45) is 12.5 Å². The van der Waals surface area contributed by atoms with E-state index in [9.17, 15) is 4.79 Å². The molecule has 2 saturated heterocycles. The van der Waals surface area contributed by atoms with Gasteiger partial charge in [-0.25, -0.2) is 0 Å². The van der Waals surface area contributed by atoms with Gasteiger partial charge in [0.1, 0.15) is 0 Å². The van der Waals surface area contributed by atoms with Crippen LogP contribution < -0.4 is 0 Å². The Hall–Kier alpha value is -2.25. The number of ether oxygens (including phenoxy) is 1. The van der Waals surface area contributed by atoms with Gasteiger partial charge in [-0.05, 0) is 42.4 Å². The molecule has 2 aromatic rings. The van der Waals surface area contributed by atoms with E-state index in [0.717, 1.165) is 57.7 Å². The number of pyridine rings is 1. The van der Waals surface area contributed by atoms with E-state index in [2.05, 4.69) is 21.0 Å². The summed E-state index contributed by atoms with van der Waals surface area (Å²) in [5, 5.41) is 4.34. The van der Waals surface area contributed by atoms with Gasteiger partial charge in [-0.15, -0.1) is 0 Å². The fraction of sp³-hybridized carbons (Fsp3) is 0.591. The normalized spacial score (nSPS) is 21.7. The zero-order valence-corrected chi connectivity index (χ0v) is 17.5. The van der Waals surface area contributed by atoms with Gasteiger partial charge in [0.2, 0.25) is 5.91 Å². The summed E-state index contributed by atoms with van der Waals surface area (Å²) in [4.78, 5) is 21.5. The Morgan fingerprint density at radius 2 is 2.14 bits per heavy atom. The maximum absolute atomic E-state index is 12.7. The predicted octanol–water partition coefficient (Wildman–Crippen LogP) is 1.89. The largest absolute Gasteiger partial charge is 0.383 e. The molecule has 4 heterocycles. The molecular weight excluding hydrogens is 366 g/mol. The molecule has 1 atom stereocenters. The van der Waals surface area contributed by atoms with E-state index in [4.69, 9.17) is 4.74 Å². The van der Waals surface area contributed by atoms with Crippen LogP contribution in [0.1, 0.15) is 30.5 Å². The van der Waals surface area contributed by atoms with Gasteiger partial charge in [0.25, 0.3) is 0 Å². The Balaban J connectivity index is 1.36. The first-order chi connectivity index (χ1) is 14.1. The molecular formula is C22H31N5O2. The number of aromatic nitrogens is 3. The highest BCUT2D eigenvalue weighted by Gasteiger charge is 2.45. The average Bonchev–Trinajstić information content (AvgIpc) is 3.27. The monoisotopic (exact) mass is 397 g/mol. The highest BCUT2D eigenvalue weighted by molar-refractivity contribution is 5.78. The molecule has 0 saturated carbocycles. The van der Waals surface area contributed by atoms with Crippen molar-refractivity contribution in [3.63, 3.8) is 0 Å². The number of aryl methyl sites for hydroxylation is 1. The summed E-state index contributed by atoms with van der Waals surface area (Å²) in [5.41, 5.74) is 2.38. The standard InChI is InChI=1S/C22H31N5O2/c1-25-9-5-19(24-25)12-21(28)26-10-6-22(7-11-26)13-20(16-29-2)27(17-22)15-18-4-3-8-23-14-18/h3-5,8-9,14,20H,6-7,10-13,15-17H2,1-2H3/t20-/m0/s1. The number of hydrogen-bond donors (Lipinski definition) is 0. The minimum absolute atomic E-state index is 0.192. The number of hydrogen-bond acceptors (Lipinski definition) is 5. The zero-order chi connectivity index (χ0) is 20.3. The van der Waals surface area contributed by atoms with Crippen molar-refractivity contribution in [1.82, 2.24) is 24.6 Å². The third-order valence-corrected chi connectivity index (χ3v) is 6.47. The van der Waals surface area contributed by atoms with Crippen molar-refractivity contribution >= 4 is 5.91 Å². The maximum atomic E-state index is 12.7. The summed E-state index contributed by atoms with van der Waals surface area (Å²) >= 11 is 0. The summed E-state index contributed by atoms with van der Waals surface area (Å²) < 4.78 is 7.27. The molecule has 7 heteroatoms. The second kappa shape index (κ2) is 8.63. The SMILES string of the molecule is COC[C@@H]1CC2(CCN(C(=O)Cc3ccn(C)n3)CC2)CN1Cc1cccnc1. The summed E-state index contributed by atoms with van der Waals surface area (Å²) in [7, 11) is 3.67. The predicted molar refractivity (Wildman–Crippen MR) is 110 cm³/mol. The average molecular weight is 398 g/mol. The minimum atomic E-state index is 0.192. The number of methoxy groups -OCH3 is 1. The van der Waals surface area contributed by atoms with Crippen LogP contribution in [0.2, 0.25) is 0 Å². The summed E-state index contributed by atoms with van der Waals surface area (Å²) in [6.45, 7) is 4.41. The molecule has 0 aliphatic carbocycles. The van der Waals surface area contributed by atoms with Gasteiger partial charge in [-0.1, -0.05) is 6.07 Å². The number of piperidine rings is 1. The number of likely N-dealkylation sites (tertiary alicyclic amines) is 2. The molecule has 0 bridgehead atoms. The van der Waals surface area contributed by atoms with Crippen LogP contribution in [0.5, 0.6) is 0 Å². The first kappa shape index (κ1) is 20.0. The molecule has 156 valence electrons. The van der Waals surface area contributed by atoms with Crippen LogP contribution in [0.4, 0.5) is 0 Å². The van der Waals surface area contributed by atoms with Crippen molar-refractivity contribution in [2.75, 3.05) is 33.4 Å². The number of nitrogens with zero attached hydrogens (tertiary/aromatic N) is 5. The van der Waals surface area contributed by atoms with Crippen molar-refractivity contribution in [3.8, 4) is 0 Å². The Bertz CT molecular complexity index is 814. The van der Waals surface area contributed by atoms with E-state index in [1.165, 1.54) is 5.56 Å². The highest BCUT2D eigenvalue weighted by Crippen LogP contribution is 2.44. The Morgan fingerprint density at radius 1 is 1.31 bits per heavy atom. The molecule has 1 amide bonds. The summed E-state index contributed by atoms with van der Waals surface area (Å²) in [5.74, 6) is 0.192. The molecule has 2 aromatic heterocycles. The van der Waals surface area contributed by atoms with Gasteiger partial charge in [-0.3, -0.25) is 19.4 Å². The minimum Gasteiger partial charge on any atom is -0.383 e. The lowest BCUT2D eigenvalue weighted by Gasteiger charge is -2.39. The quantitative estimate of drug-likeness (QED) is 0.745. The first-order valence-electron chi connectivity index (χ1n) is 10.5. The van der Waals surface area contributed by atoms with Gasteiger partial charge in [-0.2, -0.15) is 5.10 Å². The third-order valence-electron chi connectivity index (χ3n) is 6.47. The zero-order valence-electron chi connectivity index (χ0n) is 17.5. The van der Waals surface area contributed by atoms with Gasteiger partial charge in [0.15, 0.2) is 0 Å². The topological polar surface area (TPSA) is 63.5 Å². The maximum Gasteiger partial charge on any atom is 0.228 e. The van der Waals surface area contributed by atoms with Crippen LogP contribution >= 0.6 is 0 Å².